The summed E-state index contributed by atoms with van der Waals surface area (Å²) in [7, 11) is 0. The van der Waals surface area contributed by atoms with Gasteiger partial charge < -0.3 is 15.4 Å². The standard InChI is InChI=1S/C17H15F3N4O3S2/c1-2-27-14(25)12-9(22-15(26)24-13(12)10-4-3-7-28-10)8-29-16-21-6-5-11(23-16)17(18,19)20/h3-7,13H,2,8H2,1H3,(H2,22,24,26). The molecule has 0 saturated carbocycles. The molecule has 2 N–H and O–H groups in total. The van der Waals surface area contributed by atoms with E-state index in [0.29, 0.717) is 0 Å². The molecule has 1 aliphatic heterocycles. The van der Waals surface area contributed by atoms with E-state index >= 15 is 0 Å². The second-order valence-electron chi connectivity index (χ2n) is 5.67. The maximum Gasteiger partial charge on any atom is 0.433 e. The van der Waals surface area contributed by atoms with Crippen molar-refractivity contribution in [1.82, 2.24) is 20.6 Å². The van der Waals surface area contributed by atoms with Crippen LogP contribution in [0.15, 0.2) is 46.2 Å². The SMILES string of the molecule is CCOC(=O)C1=C(CSc2nccc(C(F)(F)F)n2)NC(=O)NC1c1cccs1. The third-order valence-corrected chi connectivity index (χ3v) is 5.57. The highest BCUT2D eigenvalue weighted by Crippen LogP contribution is 2.33. The quantitative estimate of drug-likeness (QED) is 0.402. The predicted molar refractivity (Wildman–Crippen MR) is 100 cm³/mol. The molecule has 29 heavy (non-hydrogen) atoms. The van der Waals surface area contributed by atoms with Crippen molar-refractivity contribution < 1.29 is 27.5 Å². The number of alkyl halides is 3. The van der Waals surface area contributed by atoms with E-state index < -0.39 is 29.9 Å². The van der Waals surface area contributed by atoms with Crippen LogP contribution in [0, 0.1) is 0 Å². The zero-order valence-electron chi connectivity index (χ0n) is 14.9. The number of rotatable bonds is 6. The third-order valence-electron chi connectivity index (χ3n) is 3.75. The Bertz CT molecular complexity index is 932. The van der Waals surface area contributed by atoms with Gasteiger partial charge in [0.1, 0.15) is 5.69 Å². The van der Waals surface area contributed by atoms with Gasteiger partial charge in [0, 0.05) is 22.5 Å². The van der Waals surface area contributed by atoms with Gasteiger partial charge in [-0.25, -0.2) is 19.6 Å². The molecule has 1 unspecified atom stereocenters. The number of hydrogen-bond donors (Lipinski definition) is 2. The Balaban J connectivity index is 1.91. The number of esters is 1. The Morgan fingerprint density at radius 1 is 1.38 bits per heavy atom. The van der Waals surface area contributed by atoms with E-state index in [-0.39, 0.29) is 28.8 Å². The van der Waals surface area contributed by atoms with Crippen LogP contribution in [0.25, 0.3) is 0 Å². The number of halogens is 3. The molecule has 2 aromatic rings. The first kappa shape index (κ1) is 21.1. The van der Waals surface area contributed by atoms with Crippen molar-refractivity contribution in [3.63, 3.8) is 0 Å². The van der Waals surface area contributed by atoms with Gasteiger partial charge in [0.05, 0.1) is 18.2 Å². The zero-order chi connectivity index (χ0) is 21.0. The fraction of sp³-hybridized carbons (Fsp3) is 0.294. The van der Waals surface area contributed by atoms with Crippen molar-refractivity contribution >= 4 is 35.1 Å². The Morgan fingerprint density at radius 3 is 2.83 bits per heavy atom. The number of thioether (sulfide) groups is 1. The van der Waals surface area contributed by atoms with E-state index in [4.69, 9.17) is 4.74 Å². The molecule has 7 nitrogen and oxygen atoms in total. The summed E-state index contributed by atoms with van der Waals surface area (Å²) in [5.41, 5.74) is -0.648. The first-order valence-corrected chi connectivity index (χ1v) is 10.2. The summed E-state index contributed by atoms with van der Waals surface area (Å²) in [5, 5.41) is 6.90. The summed E-state index contributed by atoms with van der Waals surface area (Å²) in [6.07, 6.45) is -3.59. The highest BCUT2D eigenvalue weighted by molar-refractivity contribution is 7.99. The monoisotopic (exact) mass is 444 g/mol. The molecule has 0 spiro atoms. The lowest BCUT2D eigenvalue weighted by Crippen LogP contribution is -2.46. The molecule has 0 radical (unpaired) electrons. The van der Waals surface area contributed by atoms with Gasteiger partial charge in [-0.05, 0) is 24.4 Å². The van der Waals surface area contributed by atoms with Crippen LogP contribution in [0.1, 0.15) is 23.5 Å². The number of thiophene rings is 1. The van der Waals surface area contributed by atoms with Gasteiger partial charge in [-0.15, -0.1) is 11.3 Å². The van der Waals surface area contributed by atoms with Crippen molar-refractivity contribution in [2.75, 3.05) is 12.4 Å². The molecular formula is C17H15F3N4O3S2. The fourth-order valence-corrected chi connectivity index (χ4v) is 4.14. The van der Waals surface area contributed by atoms with Crippen LogP contribution in [0.4, 0.5) is 18.0 Å². The number of amides is 2. The van der Waals surface area contributed by atoms with E-state index in [2.05, 4.69) is 20.6 Å². The Hall–Kier alpha value is -2.60. The molecule has 0 saturated heterocycles. The average molecular weight is 444 g/mol. The Morgan fingerprint density at radius 2 is 2.17 bits per heavy atom. The zero-order valence-corrected chi connectivity index (χ0v) is 16.6. The lowest BCUT2D eigenvalue weighted by Gasteiger charge is -2.28. The summed E-state index contributed by atoms with van der Waals surface area (Å²) in [4.78, 5) is 32.7. The summed E-state index contributed by atoms with van der Waals surface area (Å²) in [5.74, 6) is -0.649. The maximum absolute atomic E-state index is 12.8. The summed E-state index contributed by atoms with van der Waals surface area (Å²) in [6.45, 7) is 1.78. The lowest BCUT2D eigenvalue weighted by molar-refractivity contribution is -0.141. The molecule has 0 fully saturated rings. The van der Waals surface area contributed by atoms with Crippen molar-refractivity contribution in [3.05, 3.63) is 51.6 Å². The van der Waals surface area contributed by atoms with Crippen LogP contribution in [0.5, 0.6) is 0 Å². The number of nitrogens with zero attached hydrogens (tertiary/aromatic N) is 2. The van der Waals surface area contributed by atoms with Gasteiger partial charge in [0.15, 0.2) is 5.16 Å². The molecule has 12 heteroatoms. The van der Waals surface area contributed by atoms with E-state index in [9.17, 15) is 22.8 Å². The summed E-state index contributed by atoms with van der Waals surface area (Å²) < 4.78 is 43.6. The van der Waals surface area contributed by atoms with Crippen LogP contribution in [-0.4, -0.2) is 34.3 Å². The van der Waals surface area contributed by atoms with Gasteiger partial charge in [-0.1, -0.05) is 17.8 Å². The van der Waals surface area contributed by atoms with Crippen molar-refractivity contribution in [2.24, 2.45) is 0 Å². The minimum Gasteiger partial charge on any atom is -0.463 e. The first-order valence-electron chi connectivity index (χ1n) is 8.33. The van der Waals surface area contributed by atoms with Crippen LogP contribution in [0.3, 0.4) is 0 Å². The number of urea groups is 1. The molecule has 0 bridgehead atoms. The van der Waals surface area contributed by atoms with Gasteiger partial charge in [-0.3, -0.25) is 0 Å². The van der Waals surface area contributed by atoms with Crippen LogP contribution in [0.2, 0.25) is 0 Å². The highest BCUT2D eigenvalue weighted by atomic mass is 32.2. The molecule has 3 rings (SSSR count). The molecule has 0 aromatic carbocycles. The Labute approximate surface area is 171 Å². The highest BCUT2D eigenvalue weighted by Gasteiger charge is 2.35. The molecule has 154 valence electrons. The molecule has 1 atom stereocenters. The average Bonchev–Trinajstić information content (AvgIpc) is 3.20. The molecule has 2 amide bonds. The van der Waals surface area contributed by atoms with Crippen molar-refractivity contribution in [2.45, 2.75) is 24.3 Å². The second kappa shape index (κ2) is 8.82. The number of carbonyl (C=O) groups is 2. The normalized spacial score (nSPS) is 17.0. The summed E-state index contributed by atoms with van der Waals surface area (Å²) in [6, 6.07) is 3.06. The largest absolute Gasteiger partial charge is 0.463 e. The number of aromatic nitrogens is 2. The molecular weight excluding hydrogens is 429 g/mol. The van der Waals surface area contributed by atoms with Gasteiger partial charge in [0.25, 0.3) is 0 Å². The van der Waals surface area contributed by atoms with Crippen molar-refractivity contribution in [1.29, 1.82) is 0 Å². The molecule has 0 aliphatic carbocycles. The summed E-state index contributed by atoms with van der Waals surface area (Å²) >= 11 is 2.22. The number of carbonyl (C=O) groups excluding carboxylic acids is 2. The number of nitrogens with one attached hydrogen (secondary N) is 2. The second-order valence-corrected chi connectivity index (χ2v) is 7.59. The molecule has 2 aromatic heterocycles. The van der Waals surface area contributed by atoms with Crippen LogP contribution < -0.4 is 10.6 Å². The van der Waals surface area contributed by atoms with Crippen LogP contribution >= 0.6 is 23.1 Å². The first-order chi connectivity index (χ1) is 13.8. The molecule has 3 heterocycles. The molecule has 1 aliphatic rings. The predicted octanol–water partition coefficient (Wildman–Crippen LogP) is 3.52. The van der Waals surface area contributed by atoms with Crippen molar-refractivity contribution in [3.8, 4) is 0 Å². The van der Waals surface area contributed by atoms with Crippen LogP contribution in [-0.2, 0) is 15.7 Å². The van der Waals surface area contributed by atoms with E-state index in [1.54, 1.807) is 24.4 Å². The fourth-order valence-electron chi connectivity index (χ4n) is 2.56. The third kappa shape index (κ3) is 5.07. The maximum atomic E-state index is 12.8. The Kier molecular flexibility index (Phi) is 6.42. The van der Waals surface area contributed by atoms with Gasteiger partial charge in [-0.2, -0.15) is 13.2 Å². The smallest absolute Gasteiger partial charge is 0.433 e. The van der Waals surface area contributed by atoms with Gasteiger partial charge in [0.2, 0.25) is 0 Å². The van der Waals surface area contributed by atoms with Gasteiger partial charge >= 0.3 is 18.2 Å². The topological polar surface area (TPSA) is 93.2 Å². The minimum atomic E-state index is -4.60. The lowest BCUT2D eigenvalue weighted by atomic mass is 10.0. The number of hydrogen-bond acceptors (Lipinski definition) is 7. The van der Waals surface area contributed by atoms with E-state index in [1.807, 2.05) is 0 Å². The number of ether oxygens (including phenoxy) is 1. The minimum absolute atomic E-state index is 0.0231. The van der Waals surface area contributed by atoms with E-state index in [0.717, 1.165) is 28.9 Å². The van der Waals surface area contributed by atoms with E-state index in [1.165, 1.54) is 11.3 Å².